The molecular weight excluding hydrogens is 336 g/mol. The second kappa shape index (κ2) is 6.75. The van der Waals surface area contributed by atoms with E-state index in [1.54, 1.807) is 7.11 Å². The summed E-state index contributed by atoms with van der Waals surface area (Å²) in [4.78, 5) is 6.87. The van der Waals surface area contributed by atoms with Crippen molar-refractivity contribution < 1.29 is 9.84 Å². The van der Waals surface area contributed by atoms with E-state index in [-0.39, 0.29) is 6.04 Å². The lowest BCUT2D eigenvalue weighted by molar-refractivity contribution is -0.0562. The van der Waals surface area contributed by atoms with Crippen LogP contribution in [-0.2, 0) is 0 Å². The fourth-order valence-corrected chi connectivity index (χ4v) is 4.96. The molecule has 4 heterocycles. The van der Waals surface area contributed by atoms with Crippen molar-refractivity contribution in [1.29, 1.82) is 0 Å². The van der Waals surface area contributed by atoms with Gasteiger partial charge >= 0.3 is 0 Å². The number of aromatic nitrogens is 1. The van der Waals surface area contributed by atoms with Crippen LogP contribution in [0.25, 0.3) is 10.9 Å². The summed E-state index contributed by atoms with van der Waals surface area (Å²) < 4.78 is 5.36. The normalized spacial score (nSPS) is 29.8. The maximum absolute atomic E-state index is 11.2. The van der Waals surface area contributed by atoms with Crippen LogP contribution in [0.5, 0.6) is 5.75 Å². The van der Waals surface area contributed by atoms with Gasteiger partial charge in [0.2, 0.25) is 0 Å². The first kappa shape index (κ1) is 17.1. The predicted molar refractivity (Wildman–Crippen MR) is 100 cm³/mol. The van der Waals surface area contributed by atoms with Gasteiger partial charge in [-0.15, -0.1) is 0 Å². The molecule has 4 nitrogen and oxygen atoms in total. The Bertz CT molecular complexity index is 782. The fraction of sp³-hybridized carbons (Fsp3) is 0.550. The summed E-state index contributed by atoms with van der Waals surface area (Å²) in [6, 6.07) is 7.70. The zero-order valence-corrected chi connectivity index (χ0v) is 15.5. The number of fused-ring (bicyclic) bond motifs is 4. The number of halogens is 1. The molecule has 0 amide bonds. The molecule has 5 unspecified atom stereocenters. The third kappa shape index (κ3) is 3.01. The summed E-state index contributed by atoms with van der Waals surface area (Å²) in [6.45, 7) is 4.46. The van der Waals surface area contributed by atoms with E-state index in [0.29, 0.717) is 5.15 Å². The van der Waals surface area contributed by atoms with Gasteiger partial charge in [0.1, 0.15) is 10.9 Å². The van der Waals surface area contributed by atoms with Crippen LogP contribution in [0, 0.1) is 11.8 Å². The van der Waals surface area contributed by atoms with Crippen LogP contribution in [-0.4, -0.2) is 41.2 Å². The van der Waals surface area contributed by atoms with Gasteiger partial charge in [-0.2, -0.15) is 0 Å². The molecule has 3 aliphatic heterocycles. The van der Waals surface area contributed by atoms with Crippen molar-refractivity contribution in [2.75, 3.05) is 20.2 Å². The molecule has 5 rings (SSSR count). The Balaban J connectivity index is 1.71. The topological polar surface area (TPSA) is 45.6 Å². The maximum Gasteiger partial charge on any atom is 0.130 e. The molecule has 3 saturated heterocycles. The Morgan fingerprint density at radius 1 is 1.40 bits per heavy atom. The Morgan fingerprint density at radius 2 is 2.24 bits per heavy atom. The number of hydrogen-bond donors (Lipinski definition) is 1. The molecule has 2 aromatic rings. The minimum atomic E-state index is -0.560. The molecular formula is C20H25ClN2O2. The molecule has 3 fully saturated rings. The lowest BCUT2D eigenvalue weighted by atomic mass is 9.72. The molecule has 0 radical (unpaired) electrons. The van der Waals surface area contributed by atoms with Crippen LogP contribution in [0.15, 0.2) is 24.3 Å². The molecule has 3 aliphatic rings. The quantitative estimate of drug-likeness (QED) is 0.835. The second-order valence-corrected chi connectivity index (χ2v) is 7.76. The number of hydrogen-bond acceptors (Lipinski definition) is 4. The van der Waals surface area contributed by atoms with Crippen molar-refractivity contribution in [2.45, 2.75) is 38.3 Å². The highest BCUT2D eigenvalue weighted by Gasteiger charge is 2.42. The lowest BCUT2D eigenvalue weighted by Gasteiger charge is -2.51. The Kier molecular flexibility index (Phi) is 4.61. The lowest BCUT2D eigenvalue weighted by Crippen LogP contribution is -2.55. The van der Waals surface area contributed by atoms with Crippen molar-refractivity contribution in [1.82, 2.24) is 9.88 Å². The van der Waals surface area contributed by atoms with E-state index in [1.165, 1.54) is 12.8 Å². The van der Waals surface area contributed by atoms with Crippen molar-refractivity contribution in [3.8, 4) is 5.75 Å². The number of rotatable bonds is 4. The molecule has 5 atom stereocenters. The molecule has 5 heteroatoms. The smallest absolute Gasteiger partial charge is 0.130 e. The number of aliphatic hydroxyl groups is 1. The van der Waals surface area contributed by atoms with Gasteiger partial charge in [-0.3, -0.25) is 4.90 Å². The Morgan fingerprint density at radius 3 is 2.92 bits per heavy atom. The van der Waals surface area contributed by atoms with Gasteiger partial charge in [0.25, 0.3) is 0 Å². The number of methoxy groups -OCH3 is 1. The van der Waals surface area contributed by atoms with E-state index in [0.717, 1.165) is 53.6 Å². The molecule has 1 N–H and O–H groups in total. The number of aliphatic hydroxyl groups excluding tert-OH is 1. The van der Waals surface area contributed by atoms with Crippen LogP contribution in [0.3, 0.4) is 0 Å². The summed E-state index contributed by atoms with van der Waals surface area (Å²) in [5.74, 6) is 2.27. The van der Waals surface area contributed by atoms with Crippen molar-refractivity contribution >= 4 is 22.5 Å². The number of nitrogens with zero attached hydrogens (tertiary/aromatic N) is 2. The number of benzene rings is 1. The first-order valence-electron chi connectivity index (χ1n) is 9.17. The highest BCUT2D eigenvalue weighted by molar-refractivity contribution is 6.30. The van der Waals surface area contributed by atoms with Crippen LogP contribution in [0.2, 0.25) is 5.15 Å². The Labute approximate surface area is 153 Å². The standard InChI is InChI=1S/C20H25ClN2O2/c1-3-12-11-23-7-6-13(12)8-18(23)20(24)16-10-19(21)22-17-5-4-14(25-2)9-15(16)17/h4-5,9-10,12-13,18,20,24H,3,6-8,11H2,1-2H3. The molecule has 2 bridgehead atoms. The largest absolute Gasteiger partial charge is 0.497 e. The van der Waals surface area contributed by atoms with Gasteiger partial charge < -0.3 is 9.84 Å². The van der Waals surface area contributed by atoms with Gasteiger partial charge in [-0.1, -0.05) is 24.9 Å². The summed E-state index contributed by atoms with van der Waals surface area (Å²) in [5, 5.41) is 12.6. The minimum absolute atomic E-state index is 0.161. The first-order chi connectivity index (χ1) is 12.1. The van der Waals surface area contributed by atoms with Gasteiger partial charge in [0, 0.05) is 18.0 Å². The fourth-order valence-electron chi connectivity index (χ4n) is 4.75. The third-order valence-electron chi connectivity index (χ3n) is 6.16. The molecule has 0 spiro atoms. The van der Waals surface area contributed by atoms with Crippen LogP contribution < -0.4 is 4.74 Å². The zero-order chi connectivity index (χ0) is 17.6. The highest BCUT2D eigenvalue weighted by Crippen LogP contribution is 2.43. The third-order valence-corrected chi connectivity index (χ3v) is 6.35. The van der Waals surface area contributed by atoms with Gasteiger partial charge in [-0.05, 0) is 61.1 Å². The van der Waals surface area contributed by atoms with Gasteiger partial charge in [0.05, 0.1) is 18.7 Å². The SMILES string of the molecule is CCC1CN2CCC1CC2C(O)c1cc(Cl)nc2ccc(OC)cc12. The number of piperidine rings is 3. The molecule has 25 heavy (non-hydrogen) atoms. The van der Waals surface area contributed by atoms with Gasteiger partial charge in [-0.25, -0.2) is 4.98 Å². The predicted octanol–water partition coefficient (Wildman–Crippen LogP) is 4.05. The first-order valence-corrected chi connectivity index (χ1v) is 9.54. The highest BCUT2D eigenvalue weighted by atomic mass is 35.5. The van der Waals surface area contributed by atoms with E-state index in [1.807, 2.05) is 24.3 Å². The van der Waals surface area contributed by atoms with E-state index < -0.39 is 6.10 Å². The summed E-state index contributed by atoms with van der Waals surface area (Å²) in [6.07, 6.45) is 2.99. The Hall–Kier alpha value is -1.36. The molecule has 0 saturated carbocycles. The average molecular weight is 361 g/mol. The molecule has 1 aromatic heterocycles. The maximum atomic E-state index is 11.2. The van der Waals surface area contributed by atoms with Crippen LogP contribution in [0.1, 0.15) is 37.9 Å². The van der Waals surface area contributed by atoms with E-state index in [9.17, 15) is 5.11 Å². The summed E-state index contributed by atoms with van der Waals surface area (Å²) in [7, 11) is 1.65. The van der Waals surface area contributed by atoms with Crippen molar-refractivity contribution in [2.24, 2.45) is 11.8 Å². The minimum Gasteiger partial charge on any atom is -0.497 e. The van der Waals surface area contributed by atoms with Crippen LogP contribution in [0.4, 0.5) is 0 Å². The molecule has 1 aromatic carbocycles. The molecule has 134 valence electrons. The van der Waals surface area contributed by atoms with E-state index >= 15 is 0 Å². The number of pyridine rings is 1. The van der Waals surface area contributed by atoms with E-state index in [4.69, 9.17) is 16.3 Å². The van der Waals surface area contributed by atoms with Crippen molar-refractivity contribution in [3.63, 3.8) is 0 Å². The van der Waals surface area contributed by atoms with Crippen LogP contribution >= 0.6 is 11.6 Å². The van der Waals surface area contributed by atoms with Gasteiger partial charge in [0.15, 0.2) is 0 Å². The number of ether oxygens (including phenoxy) is 1. The molecule has 0 aliphatic carbocycles. The second-order valence-electron chi connectivity index (χ2n) is 7.38. The summed E-state index contributed by atoms with van der Waals surface area (Å²) in [5.41, 5.74) is 1.66. The monoisotopic (exact) mass is 360 g/mol. The van der Waals surface area contributed by atoms with Crippen molar-refractivity contribution in [3.05, 3.63) is 35.0 Å². The van der Waals surface area contributed by atoms with E-state index in [2.05, 4.69) is 16.8 Å². The summed E-state index contributed by atoms with van der Waals surface area (Å²) >= 11 is 6.24. The average Bonchev–Trinajstić information content (AvgIpc) is 2.66. The zero-order valence-electron chi connectivity index (χ0n) is 14.8.